The summed E-state index contributed by atoms with van der Waals surface area (Å²) in [6.45, 7) is 8.13. The SMILES string of the molecule is CCN(CC)c1ccc(CNC(=O)C2(CN)CCOCC2)cn1. The maximum Gasteiger partial charge on any atom is 0.227 e. The van der Waals surface area contributed by atoms with E-state index in [9.17, 15) is 4.79 Å². The van der Waals surface area contributed by atoms with Crippen molar-refractivity contribution in [3.8, 4) is 0 Å². The Labute approximate surface area is 138 Å². The van der Waals surface area contributed by atoms with E-state index in [4.69, 9.17) is 10.5 Å². The molecule has 1 aliphatic rings. The molecule has 6 nitrogen and oxygen atoms in total. The second-order valence-corrected chi connectivity index (χ2v) is 5.98. The number of carbonyl (C=O) groups is 1. The molecule has 0 unspecified atom stereocenters. The van der Waals surface area contributed by atoms with E-state index in [0.717, 1.165) is 24.5 Å². The zero-order chi connectivity index (χ0) is 16.7. The van der Waals surface area contributed by atoms with Crippen molar-refractivity contribution in [2.45, 2.75) is 33.2 Å². The molecule has 1 amide bonds. The van der Waals surface area contributed by atoms with Gasteiger partial charge in [0.05, 0.1) is 5.41 Å². The van der Waals surface area contributed by atoms with Crippen LogP contribution < -0.4 is 16.0 Å². The van der Waals surface area contributed by atoms with Crippen LogP contribution in [0.25, 0.3) is 0 Å². The summed E-state index contributed by atoms with van der Waals surface area (Å²) >= 11 is 0. The quantitative estimate of drug-likeness (QED) is 0.791. The minimum Gasteiger partial charge on any atom is -0.381 e. The van der Waals surface area contributed by atoms with E-state index in [1.54, 1.807) is 0 Å². The van der Waals surface area contributed by atoms with E-state index in [0.29, 0.717) is 39.1 Å². The largest absolute Gasteiger partial charge is 0.381 e. The van der Waals surface area contributed by atoms with E-state index in [1.165, 1.54) is 0 Å². The highest BCUT2D eigenvalue weighted by Gasteiger charge is 2.38. The summed E-state index contributed by atoms with van der Waals surface area (Å²) in [6.07, 6.45) is 3.20. The molecule has 0 bridgehead atoms. The fraction of sp³-hybridized carbons (Fsp3) is 0.647. The van der Waals surface area contributed by atoms with Crippen LogP contribution in [0.3, 0.4) is 0 Å². The maximum absolute atomic E-state index is 12.5. The standard InChI is InChI=1S/C17H28N4O2/c1-3-21(4-2)15-6-5-14(11-19-15)12-20-16(22)17(13-18)7-9-23-10-8-17/h5-6,11H,3-4,7-10,12-13,18H2,1-2H3,(H,20,22). The Balaban J connectivity index is 1.93. The van der Waals surface area contributed by atoms with E-state index >= 15 is 0 Å². The number of ether oxygens (including phenoxy) is 1. The van der Waals surface area contributed by atoms with Crippen LogP contribution in [0, 0.1) is 5.41 Å². The molecule has 1 saturated heterocycles. The highest BCUT2D eigenvalue weighted by Crippen LogP contribution is 2.29. The molecule has 23 heavy (non-hydrogen) atoms. The highest BCUT2D eigenvalue weighted by atomic mass is 16.5. The predicted octanol–water partition coefficient (Wildman–Crippen LogP) is 1.30. The van der Waals surface area contributed by atoms with Gasteiger partial charge in [0.2, 0.25) is 5.91 Å². The van der Waals surface area contributed by atoms with Crippen LogP contribution in [0.5, 0.6) is 0 Å². The van der Waals surface area contributed by atoms with E-state index in [-0.39, 0.29) is 5.91 Å². The van der Waals surface area contributed by atoms with E-state index in [1.807, 2.05) is 18.3 Å². The lowest BCUT2D eigenvalue weighted by Gasteiger charge is -2.34. The minimum absolute atomic E-state index is 0.0242. The molecule has 0 saturated carbocycles. The maximum atomic E-state index is 12.5. The van der Waals surface area contributed by atoms with Crippen LogP contribution in [0.4, 0.5) is 5.82 Å². The molecule has 1 fully saturated rings. The van der Waals surface area contributed by atoms with Crippen LogP contribution in [0.2, 0.25) is 0 Å². The predicted molar refractivity (Wildman–Crippen MR) is 91.2 cm³/mol. The second kappa shape index (κ2) is 8.26. The van der Waals surface area contributed by atoms with Gasteiger partial charge in [-0.2, -0.15) is 0 Å². The smallest absolute Gasteiger partial charge is 0.227 e. The van der Waals surface area contributed by atoms with Gasteiger partial charge in [0.1, 0.15) is 5.82 Å². The Morgan fingerprint density at radius 2 is 2.04 bits per heavy atom. The topological polar surface area (TPSA) is 80.5 Å². The molecule has 1 aromatic heterocycles. The zero-order valence-electron chi connectivity index (χ0n) is 14.2. The van der Waals surface area contributed by atoms with Gasteiger partial charge in [-0.1, -0.05) is 6.07 Å². The summed E-state index contributed by atoms with van der Waals surface area (Å²) in [5.74, 6) is 0.990. The Hall–Kier alpha value is -1.66. The monoisotopic (exact) mass is 320 g/mol. The van der Waals surface area contributed by atoms with Gasteiger partial charge < -0.3 is 20.7 Å². The van der Waals surface area contributed by atoms with Gasteiger partial charge in [0.25, 0.3) is 0 Å². The molecule has 0 atom stereocenters. The summed E-state index contributed by atoms with van der Waals surface area (Å²) < 4.78 is 5.35. The molecule has 0 aliphatic carbocycles. The number of hydrogen-bond donors (Lipinski definition) is 2. The number of nitrogens with zero attached hydrogens (tertiary/aromatic N) is 2. The molecule has 3 N–H and O–H groups in total. The third kappa shape index (κ3) is 4.20. The van der Waals surface area contributed by atoms with Crippen molar-refractivity contribution in [1.29, 1.82) is 0 Å². The van der Waals surface area contributed by atoms with Gasteiger partial charge in [-0.15, -0.1) is 0 Å². The van der Waals surface area contributed by atoms with Crippen molar-refractivity contribution < 1.29 is 9.53 Å². The summed E-state index contributed by atoms with van der Waals surface area (Å²) in [4.78, 5) is 19.2. The molecule has 0 aromatic carbocycles. The third-order valence-electron chi connectivity index (χ3n) is 4.67. The Morgan fingerprint density at radius 1 is 1.35 bits per heavy atom. The summed E-state index contributed by atoms with van der Waals surface area (Å²) in [5, 5.41) is 3.01. The second-order valence-electron chi connectivity index (χ2n) is 5.98. The van der Waals surface area contributed by atoms with Crippen molar-refractivity contribution in [2.75, 3.05) is 37.7 Å². The van der Waals surface area contributed by atoms with Gasteiger partial charge in [-0.05, 0) is 38.3 Å². The van der Waals surface area contributed by atoms with Crippen molar-refractivity contribution in [2.24, 2.45) is 11.1 Å². The zero-order valence-corrected chi connectivity index (χ0v) is 14.2. The normalized spacial score (nSPS) is 16.8. The van der Waals surface area contributed by atoms with Gasteiger partial charge in [0, 0.05) is 45.6 Å². The third-order valence-corrected chi connectivity index (χ3v) is 4.67. The van der Waals surface area contributed by atoms with Crippen LogP contribution in [-0.2, 0) is 16.1 Å². The first kappa shape index (κ1) is 17.7. The Bertz CT molecular complexity index is 494. The molecule has 6 heteroatoms. The fourth-order valence-corrected chi connectivity index (χ4v) is 2.91. The van der Waals surface area contributed by atoms with E-state index < -0.39 is 5.41 Å². The summed E-state index contributed by atoms with van der Waals surface area (Å²) in [5.41, 5.74) is 6.37. The van der Waals surface area contributed by atoms with Gasteiger partial charge in [0.15, 0.2) is 0 Å². The number of pyridine rings is 1. The molecule has 1 aromatic rings. The number of hydrogen-bond acceptors (Lipinski definition) is 5. The van der Waals surface area contributed by atoms with Crippen LogP contribution in [-0.4, -0.2) is 43.7 Å². The van der Waals surface area contributed by atoms with E-state index in [2.05, 4.69) is 29.0 Å². The number of rotatable bonds is 7. The Kier molecular flexibility index (Phi) is 6.36. The highest BCUT2D eigenvalue weighted by molar-refractivity contribution is 5.83. The number of carbonyl (C=O) groups excluding carboxylic acids is 1. The molecule has 0 radical (unpaired) electrons. The molecule has 1 aliphatic heterocycles. The van der Waals surface area contributed by atoms with Crippen LogP contribution in [0.1, 0.15) is 32.3 Å². The van der Waals surface area contributed by atoms with Gasteiger partial charge in [-0.3, -0.25) is 4.79 Å². The van der Waals surface area contributed by atoms with Gasteiger partial charge in [-0.25, -0.2) is 4.98 Å². The number of nitrogens with one attached hydrogen (secondary N) is 1. The van der Waals surface area contributed by atoms with Crippen LogP contribution in [0.15, 0.2) is 18.3 Å². The molecule has 2 rings (SSSR count). The van der Waals surface area contributed by atoms with Crippen molar-refractivity contribution in [3.63, 3.8) is 0 Å². The lowest BCUT2D eigenvalue weighted by atomic mass is 9.79. The number of anilines is 1. The minimum atomic E-state index is -0.479. The number of nitrogens with two attached hydrogens (primary N) is 1. The summed E-state index contributed by atoms with van der Waals surface area (Å²) in [6, 6.07) is 4.02. The number of aromatic nitrogens is 1. The lowest BCUT2D eigenvalue weighted by molar-refractivity contribution is -0.136. The first-order chi connectivity index (χ1) is 11.1. The summed E-state index contributed by atoms with van der Waals surface area (Å²) in [7, 11) is 0. The first-order valence-electron chi connectivity index (χ1n) is 8.41. The lowest BCUT2D eigenvalue weighted by Crippen LogP contribution is -2.48. The van der Waals surface area contributed by atoms with Crippen molar-refractivity contribution in [3.05, 3.63) is 23.9 Å². The average molecular weight is 320 g/mol. The molecule has 128 valence electrons. The fourth-order valence-electron chi connectivity index (χ4n) is 2.91. The molecule has 2 heterocycles. The van der Waals surface area contributed by atoms with Gasteiger partial charge >= 0.3 is 0 Å². The van der Waals surface area contributed by atoms with Crippen molar-refractivity contribution in [1.82, 2.24) is 10.3 Å². The molecular weight excluding hydrogens is 292 g/mol. The Morgan fingerprint density at radius 3 is 2.57 bits per heavy atom. The number of amides is 1. The average Bonchev–Trinajstić information content (AvgIpc) is 2.62. The molecular formula is C17H28N4O2. The van der Waals surface area contributed by atoms with Crippen molar-refractivity contribution >= 4 is 11.7 Å². The van der Waals surface area contributed by atoms with Crippen LogP contribution >= 0.6 is 0 Å². The molecule has 0 spiro atoms. The first-order valence-corrected chi connectivity index (χ1v) is 8.41.